The number of rotatable bonds is 1. The molecule has 1 aliphatic carbocycles. The number of carbonyl (C=O) groups excluding carboxylic acids is 1. The molecule has 1 amide bonds. The minimum absolute atomic E-state index is 0. The summed E-state index contributed by atoms with van der Waals surface area (Å²) in [5.41, 5.74) is 2.98. The van der Waals surface area contributed by atoms with E-state index < -0.39 is 0 Å². The van der Waals surface area contributed by atoms with Crippen LogP contribution in [0, 0.1) is 0 Å². The van der Waals surface area contributed by atoms with Crippen LogP contribution in [0.3, 0.4) is 0 Å². The van der Waals surface area contributed by atoms with E-state index in [0.29, 0.717) is 11.7 Å². The molecule has 0 aromatic carbocycles. The van der Waals surface area contributed by atoms with Crippen molar-refractivity contribution in [3.63, 3.8) is 0 Å². The van der Waals surface area contributed by atoms with Gasteiger partial charge in [0.05, 0.1) is 0 Å². The van der Waals surface area contributed by atoms with Crippen molar-refractivity contribution in [2.45, 2.75) is 32.2 Å². The second-order valence-electron chi connectivity index (χ2n) is 4.99. The Labute approximate surface area is 113 Å². The van der Waals surface area contributed by atoms with Crippen LogP contribution in [-0.4, -0.2) is 46.7 Å². The van der Waals surface area contributed by atoms with Gasteiger partial charge in [-0.3, -0.25) is 9.89 Å². The summed E-state index contributed by atoms with van der Waals surface area (Å²) in [6.45, 7) is 4.54. The number of aryl methyl sites for hydroxylation is 1. The van der Waals surface area contributed by atoms with E-state index in [4.69, 9.17) is 0 Å². The first-order chi connectivity index (χ1) is 8.25. The molecule has 2 aliphatic rings. The molecule has 3 rings (SSSR count). The van der Waals surface area contributed by atoms with Crippen molar-refractivity contribution in [2.75, 3.05) is 19.6 Å². The zero-order valence-electron chi connectivity index (χ0n) is 10.5. The van der Waals surface area contributed by atoms with Crippen LogP contribution in [0.15, 0.2) is 0 Å². The number of hydrogen-bond acceptors (Lipinski definition) is 3. The maximum atomic E-state index is 12.4. The average Bonchev–Trinajstić information content (AvgIpc) is 2.89. The summed E-state index contributed by atoms with van der Waals surface area (Å²) in [7, 11) is 0. The monoisotopic (exact) mass is 270 g/mol. The normalized spacial score (nSPS) is 22.5. The first-order valence-corrected chi connectivity index (χ1v) is 6.34. The van der Waals surface area contributed by atoms with E-state index in [2.05, 4.69) is 22.4 Å². The fourth-order valence-corrected chi connectivity index (χ4v) is 2.76. The topological polar surface area (TPSA) is 61.0 Å². The Hall–Kier alpha value is -1.07. The molecule has 100 valence electrons. The highest BCUT2D eigenvalue weighted by molar-refractivity contribution is 5.94. The quantitative estimate of drug-likeness (QED) is 0.792. The van der Waals surface area contributed by atoms with Gasteiger partial charge in [-0.15, -0.1) is 12.4 Å². The van der Waals surface area contributed by atoms with Crippen LogP contribution in [0.25, 0.3) is 0 Å². The van der Waals surface area contributed by atoms with E-state index in [1.165, 1.54) is 0 Å². The molecule has 5 nitrogen and oxygen atoms in total. The molecule has 0 radical (unpaired) electrons. The van der Waals surface area contributed by atoms with E-state index in [1.807, 2.05) is 4.90 Å². The number of nitrogens with zero attached hydrogens (tertiary/aromatic N) is 2. The fraction of sp³-hybridized carbons (Fsp3) is 0.667. The van der Waals surface area contributed by atoms with Crippen LogP contribution in [-0.2, 0) is 12.8 Å². The van der Waals surface area contributed by atoms with Crippen molar-refractivity contribution in [3.8, 4) is 0 Å². The molecule has 1 atom stereocenters. The number of amides is 1. The molecule has 1 saturated heterocycles. The number of aromatic nitrogens is 2. The largest absolute Gasteiger partial charge is 0.334 e. The number of carbonyl (C=O) groups is 1. The van der Waals surface area contributed by atoms with Crippen molar-refractivity contribution >= 4 is 18.3 Å². The highest BCUT2D eigenvalue weighted by atomic mass is 35.5. The summed E-state index contributed by atoms with van der Waals surface area (Å²) in [6.07, 6.45) is 3.17. The number of nitrogens with one attached hydrogen (secondary N) is 2. The number of fused-ring (bicyclic) bond motifs is 1. The lowest BCUT2D eigenvalue weighted by Gasteiger charge is -2.31. The van der Waals surface area contributed by atoms with Gasteiger partial charge < -0.3 is 10.2 Å². The third-order valence-electron chi connectivity index (χ3n) is 3.66. The molecule has 0 saturated carbocycles. The predicted molar refractivity (Wildman–Crippen MR) is 71.2 cm³/mol. The Balaban J connectivity index is 0.00000120. The SMILES string of the molecule is CC1CN(C(=O)c2n[nH]c3c2CCC3)CCN1.Cl. The van der Waals surface area contributed by atoms with Crippen LogP contribution in [0.2, 0.25) is 0 Å². The lowest BCUT2D eigenvalue weighted by Crippen LogP contribution is -2.51. The van der Waals surface area contributed by atoms with Gasteiger partial charge >= 0.3 is 0 Å². The predicted octanol–water partition coefficient (Wildman–Crippen LogP) is 0.754. The average molecular weight is 271 g/mol. The van der Waals surface area contributed by atoms with Gasteiger partial charge in [-0.05, 0) is 26.2 Å². The van der Waals surface area contributed by atoms with Crippen molar-refractivity contribution in [2.24, 2.45) is 0 Å². The molecule has 1 aromatic heterocycles. The van der Waals surface area contributed by atoms with Gasteiger partial charge in [0.25, 0.3) is 5.91 Å². The smallest absolute Gasteiger partial charge is 0.274 e. The lowest BCUT2D eigenvalue weighted by atomic mass is 10.1. The highest BCUT2D eigenvalue weighted by Gasteiger charge is 2.28. The van der Waals surface area contributed by atoms with Gasteiger partial charge in [0.2, 0.25) is 0 Å². The molecule has 6 heteroatoms. The number of aromatic amines is 1. The lowest BCUT2D eigenvalue weighted by molar-refractivity contribution is 0.0702. The van der Waals surface area contributed by atoms with E-state index in [0.717, 1.165) is 50.2 Å². The Morgan fingerprint density at radius 1 is 1.44 bits per heavy atom. The molecular weight excluding hydrogens is 252 g/mol. The summed E-state index contributed by atoms with van der Waals surface area (Å²) in [4.78, 5) is 14.3. The standard InChI is InChI=1S/C12H18N4O.ClH/c1-8-7-16(6-5-13-8)12(17)11-9-3-2-4-10(9)14-15-11;/h8,13H,2-7H2,1H3,(H,14,15);1H. The second kappa shape index (κ2) is 5.28. The van der Waals surface area contributed by atoms with Crippen LogP contribution >= 0.6 is 12.4 Å². The minimum Gasteiger partial charge on any atom is -0.334 e. The van der Waals surface area contributed by atoms with Gasteiger partial charge in [-0.1, -0.05) is 0 Å². The summed E-state index contributed by atoms with van der Waals surface area (Å²) in [6, 6.07) is 0.375. The molecule has 1 aromatic rings. The molecule has 1 aliphatic heterocycles. The molecule has 18 heavy (non-hydrogen) atoms. The Bertz CT molecular complexity index is 445. The molecule has 0 bridgehead atoms. The first-order valence-electron chi connectivity index (χ1n) is 6.34. The second-order valence-corrected chi connectivity index (χ2v) is 4.99. The molecule has 2 heterocycles. The molecular formula is C12H19ClN4O. The van der Waals surface area contributed by atoms with Gasteiger partial charge in [0, 0.05) is 36.9 Å². The van der Waals surface area contributed by atoms with Crippen molar-refractivity contribution in [3.05, 3.63) is 17.0 Å². The number of piperazine rings is 1. The molecule has 1 unspecified atom stereocenters. The number of hydrogen-bond donors (Lipinski definition) is 2. The molecule has 1 fully saturated rings. The van der Waals surface area contributed by atoms with Gasteiger partial charge in [-0.25, -0.2) is 0 Å². The molecule has 0 spiro atoms. The van der Waals surface area contributed by atoms with E-state index in [-0.39, 0.29) is 18.3 Å². The first kappa shape index (κ1) is 13.4. The zero-order chi connectivity index (χ0) is 11.8. The van der Waals surface area contributed by atoms with Crippen LogP contribution in [0.1, 0.15) is 35.1 Å². The Morgan fingerprint density at radius 3 is 3.06 bits per heavy atom. The fourth-order valence-electron chi connectivity index (χ4n) is 2.76. The Kier molecular flexibility index (Phi) is 3.92. The van der Waals surface area contributed by atoms with Crippen molar-refractivity contribution in [1.29, 1.82) is 0 Å². The van der Waals surface area contributed by atoms with Crippen molar-refractivity contribution < 1.29 is 4.79 Å². The summed E-state index contributed by atoms with van der Waals surface area (Å²) in [5.74, 6) is 0.0951. The van der Waals surface area contributed by atoms with Crippen LogP contribution in [0.4, 0.5) is 0 Å². The molecule has 2 N–H and O–H groups in total. The zero-order valence-corrected chi connectivity index (χ0v) is 11.3. The van der Waals surface area contributed by atoms with Gasteiger partial charge in [-0.2, -0.15) is 5.10 Å². The third-order valence-corrected chi connectivity index (χ3v) is 3.66. The number of H-pyrrole nitrogens is 1. The van der Waals surface area contributed by atoms with E-state index in [9.17, 15) is 4.79 Å². The minimum atomic E-state index is 0. The van der Waals surface area contributed by atoms with Crippen LogP contribution in [0.5, 0.6) is 0 Å². The highest BCUT2D eigenvalue weighted by Crippen LogP contribution is 2.23. The van der Waals surface area contributed by atoms with E-state index >= 15 is 0 Å². The van der Waals surface area contributed by atoms with E-state index in [1.54, 1.807) is 0 Å². The van der Waals surface area contributed by atoms with Gasteiger partial charge in [0.1, 0.15) is 0 Å². The third kappa shape index (κ3) is 2.24. The summed E-state index contributed by atoms with van der Waals surface area (Å²) in [5, 5.41) is 10.5. The Morgan fingerprint density at radius 2 is 2.28 bits per heavy atom. The summed E-state index contributed by atoms with van der Waals surface area (Å²) >= 11 is 0. The number of halogens is 1. The van der Waals surface area contributed by atoms with Crippen molar-refractivity contribution in [1.82, 2.24) is 20.4 Å². The maximum absolute atomic E-state index is 12.4. The van der Waals surface area contributed by atoms with Crippen LogP contribution < -0.4 is 5.32 Å². The summed E-state index contributed by atoms with van der Waals surface area (Å²) < 4.78 is 0. The van der Waals surface area contributed by atoms with Gasteiger partial charge in [0.15, 0.2) is 5.69 Å². The maximum Gasteiger partial charge on any atom is 0.274 e.